The van der Waals surface area contributed by atoms with Crippen molar-refractivity contribution in [1.82, 2.24) is 4.90 Å². The number of ether oxygens (including phenoxy) is 3. The number of anilines is 1. The third-order valence-electron chi connectivity index (χ3n) is 5.55. The molecule has 0 bridgehead atoms. The van der Waals surface area contributed by atoms with Gasteiger partial charge in [-0.25, -0.2) is 4.79 Å². The molecule has 4 heterocycles. The van der Waals surface area contributed by atoms with Gasteiger partial charge in [-0.05, 0) is 26.0 Å². The zero-order chi connectivity index (χ0) is 18.6. The SMILES string of the molecule is CC1(C)O[C@@H]2[C@H](O1)[C@H](OC(=O)Nc1ccccc1)CN1C[C@@H]3CON=C3[C@@H]21. The molecule has 27 heavy (non-hydrogen) atoms. The maximum absolute atomic E-state index is 12.4. The van der Waals surface area contributed by atoms with Gasteiger partial charge in [-0.2, -0.15) is 0 Å². The zero-order valence-corrected chi connectivity index (χ0v) is 15.3. The second-order valence-corrected chi connectivity index (χ2v) is 7.91. The van der Waals surface area contributed by atoms with Crippen LogP contribution in [0.2, 0.25) is 0 Å². The van der Waals surface area contributed by atoms with Crippen LogP contribution in [0.5, 0.6) is 0 Å². The van der Waals surface area contributed by atoms with E-state index in [9.17, 15) is 4.79 Å². The van der Waals surface area contributed by atoms with Crippen molar-refractivity contribution in [2.75, 3.05) is 25.0 Å². The fraction of sp³-hybridized carbons (Fsp3) is 0.579. The van der Waals surface area contributed by atoms with Gasteiger partial charge in [0.1, 0.15) is 24.9 Å². The van der Waals surface area contributed by atoms with Crippen molar-refractivity contribution in [3.63, 3.8) is 0 Å². The Morgan fingerprint density at radius 1 is 1.22 bits per heavy atom. The van der Waals surface area contributed by atoms with Crippen LogP contribution in [-0.2, 0) is 19.0 Å². The van der Waals surface area contributed by atoms with Crippen LogP contribution in [0, 0.1) is 5.92 Å². The number of benzene rings is 1. The molecule has 8 heteroatoms. The number of nitrogens with zero attached hydrogens (tertiary/aromatic N) is 2. The number of hydrogen-bond acceptors (Lipinski definition) is 7. The van der Waals surface area contributed by atoms with Crippen LogP contribution >= 0.6 is 0 Å². The summed E-state index contributed by atoms with van der Waals surface area (Å²) in [6.45, 7) is 5.79. The van der Waals surface area contributed by atoms with Crippen molar-refractivity contribution >= 4 is 17.5 Å². The summed E-state index contributed by atoms with van der Waals surface area (Å²) in [7, 11) is 0. The van der Waals surface area contributed by atoms with Crippen LogP contribution in [0.4, 0.5) is 10.5 Å². The lowest BCUT2D eigenvalue weighted by Gasteiger charge is -2.40. The molecule has 3 fully saturated rings. The van der Waals surface area contributed by atoms with Gasteiger partial charge >= 0.3 is 6.09 Å². The lowest BCUT2D eigenvalue weighted by molar-refractivity contribution is -0.152. The summed E-state index contributed by atoms with van der Waals surface area (Å²) in [6, 6.07) is 9.27. The number of oxime groups is 1. The van der Waals surface area contributed by atoms with Gasteiger partial charge in [0.15, 0.2) is 5.79 Å². The zero-order valence-electron chi connectivity index (χ0n) is 15.3. The minimum Gasteiger partial charge on any atom is -0.442 e. The number of hydrogen-bond donors (Lipinski definition) is 1. The van der Waals surface area contributed by atoms with Crippen molar-refractivity contribution in [1.29, 1.82) is 0 Å². The van der Waals surface area contributed by atoms with E-state index < -0.39 is 18.0 Å². The molecule has 1 N–H and O–H groups in total. The van der Waals surface area contributed by atoms with Gasteiger partial charge in [0.2, 0.25) is 0 Å². The van der Waals surface area contributed by atoms with Crippen molar-refractivity contribution in [3.8, 4) is 0 Å². The highest BCUT2D eigenvalue weighted by atomic mass is 16.8. The summed E-state index contributed by atoms with van der Waals surface area (Å²) >= 11 is 0. The second kappa shape index (κ2) is 6.19. The third-order valence-corrected chi connectivity index (χ3v) is 5.55. The molecule has 0 spiro atoms. The highest BCUT2D eigenvalue weighted by molar-refractivity contribution is 5.95. The molecule has 0 radical (unpaired) electrons. The number of fused-ring (bicyclic) bond motifs is 5. The monoisotopic (exact) mass is 373 g/mol. The van der Waals surface area contributed by atoms with E-state index >= 15 is 0 Å². The van der Waals surface area contributed by atoms with Crippen molar-refractivity contribution in [2.45, 2.75) is 44.0 Å². The third kappa shape index (κ3) is 2.97. The van der Waals surface area contributed by atoms with E-state index in [0.717, 1.165) is 12.3 Å². The fourth-order valence-corrected chi connectivity index (χ4v) is 4.55. The summed E-state index contributed by atoms with van der Waals surface area (Å²) in [4.78, 5) is 20.0. The van der Waals surface area contributed by atoms with Gasteiger partial charge in [0.25, 0.3) is 0 Å². The number of carbonyl (C=O) groups is 1. The van der Waals surface area contributed by atoms with Gasteiger partial charge in [-0.1, -0.05) is 23.4 Å². The van der Waals surface area contributed by atoms with E-state index in [4.69, 9.17) is 19.0 Å². The Bertz CT molecular complexity index is 768. The molecule has 5 rings (SSSR count). The molecule has 1 amide bonds. The maximum Gasteiger partial charge on any atom is 0.412 e. The lowest BCUT2D eigenvalue weighted by Crippen LogP contribution is -2.60. The van der Waals surface area contributed by atoms with Crippen LogP contribution in [0.1, 0.15) is 13.8 Å². The van der Waals surface area contributed by atoms with Gasteiger partial charge < -0.3 is 19.0 Å². The highest BCUT2D eigenvalue weighted by Gasteiger charge is 2.60. The summed E-state index contributed by atoms with van der Waals surface area (Å²) < 4.78 is 18.1. The first-order valence-corrected chi connectivity index (χ1v) is 9.32. The molecule has 144 valence electrons. The molecule has 1 aromatic rings. The lowest BCUT2D eigenvalue weighted by atomic mass is 9.91. The number of para-hydroxylation sites is 1. The molecule has 8 nitrogen and oxygen atoms in total. The van der Waals surface area contributed by atoms with Gasteiger partial charge in [-0.3, -0.25) is 10.2 Å². The van der Waals surface area contributed by atoms with E-state index in [0.29, 0.717) is 18.8 Å². The molecule has 4 aliphatic rings. The first-order valence-electron chi connectivity index (χ1n) is 9.32. The summed E-state index contributed by atoms with van der Waals surface area (Å²) in [5, 5.41) is 7.02. The number of nitrogens with one attached hydrogen (secondary N) is 1. The average molecular weight is 373 g/mol. The van der Waals surface area contributed by atoms with E-state index in [1.165, 1.54) is 0 Å². The molecular formula is C19H23N3O5. The first-order chi connectivity index (χ1) is 13.0. The molecule has 3 saturated heterocycles. The Morgan fingerprint density at radius 3 is 2.81 bits per heavy atom. The topological polar surface area (TPSA) is 81.6 Å². The van der Waals surface area contributed by atoms with Crippen molar-refractivity contribution in [2.24, 2.45) is 11.1 Å². The molecule has 5 atom stereocenters. The van der Waals surface area contributed by atoms with Gasteiger partial charge in [-0.15, -0.1) is 0 Å². The van der Waals surface area contributed by atoms with E-state index in [1.807, 2.05) is 44.2 Å². The van der Waals surface area contributed by atoms with Crippen molar-refractivity contribution < 1.29 is 23.8 Å². The maximum atomic E-state index is 12.4. The van der Waals surface area contributed by atoms with Crippen LogP contribution in [0.3, 0.4) is 0 Å². The molecule has 0 unspecified atom stereocenters. The summed E-state index contributed by atoms with van der Waals surface area (Å²) in [5.74, 6) is -0.458. The number of carbonyl (C=O) groups excluding carboxylic acids is 1. The summed E-state index contributed by atoms with van der Waals surface area (Å²) in [5.41, 5.74) is 1.72. The molecule has 0 saturated carbocycles. The average Bonchev–Trinajstić information content (AvgIpc) is 3.27. The Balaban J connectivity index is 1.35. The Kier molecular flexibility index (Phi) is 3.89. The molecule has 0 aromatic heterocycles. The van der Waals surface area contributed by atoms with E-state index in [1.54, 1.807) is 0 Å². The minimum absolute atomic E-state index is 0.0151. The number of rotatable bonds is 2. The predicted molar refractivity (Wildman–Crippen MR) is 96.4 cm³/mol. The molecule has 4 aliphatic heterocycles. The number of piperidine rings is 1. The fourth-order valence-electron chi connectivity index (χ4n) is 4.55. The largest absolute Gasteiger partial charge is 0.442 e. The minimum atomic E-state index is -0.735. The van der Waals surface area contributed by atoms with E-state index in [2.05, 4.69) is 15.4 Å². The molecule has 1 aromatic carbocycles. The van der Waals surface area contributed by atoms with Crippen molar-refractivity contribution in [3.05, 3.63) is 30.3 Å². The Hall–Kier alpha value is -2.16. The Labute approximate surface area is 157 Å². The standard InChI is InChI=1S/C19H23N3O5/c1-19(2)26-16-13(25-18(23)20-12-6-4-3-5-7-12)9-22-8-11-10-24-21-14(11)15(22)17(16)27-19/h3-7,11,13,15-17H,8-10H2,1-2H3,(H,20,23)/t11-,13-,15+,16-,17+/m1/s1. The summed E-state index contributed by atoms with van der Waals surface area (Å²) in [6.07, 6.45) is -1.49. The molecular weight excluding hydrogens is 350 g/mol. The van der Waals surface area contributed by atoms with Crippen LogP contribution < -0.4 is 5.32 Å². The first kappa shape index (κ1) is 17.0. The Morgan fingerprint density at radius 2 is 2.00 bits per heavy atom. The quantitative estimate of drug-likeness (QED) is 0.852. The van der Waals surface area contributed by atoms with Gasteiger partial charge in [0.05, 0.1) is 17.7 Å². The number of amides is 1. The molecule has 0 aliphatic carbocycles. The van der Waals surface area contributed by atoms with Crippen LogP contribution in [-0.4, -0.2) is 66.5 Å². The normalized spacial score (nSPS) is 36.2. The van der Waals surface area contributed by atoms with Crippen LogP contribution in [0.15, 0.2) is 35.5 Å². The van der Waals surface area contributed by atoms with E-state index in [-0.39, 0.29) is 24.2 Å². The highest BCUT2D eigenvalue weighted by Crippen LogP contribution is 2.42. The smallest absolute Gasteiger partial charge is 0.412 e. The second-order valence-electron chi connectivity index (χ2n) is 7.91. The van der Waals surface area contributed by atoms with Crippen LogP contribution in [0.25, 0.3) is 0 Å². The predicted octanol–water partition coefficient (Wildman–Crippen LogP) is 1.82. The van der Waals surface area contributed by atoms with Gasteiger partial charge in [0, 0.05) is 18.8 Å².